The molecule has 0 saturated carbocycles. The highest BCUT2D eigenvalue weighted by atomic mass is 16.3. The third-order valence-corrected chi connectivity index (χ3v) is 2.17. The van der Waals surface area contributed by atoms with E-state index in [1.165, 1.54) is 6.20 Å². The monoisotopic (exact) mass is 191 g/mol. The Balaban J connectivity index is 2.48. The normalized spacial score (nSPS) is 19.6. The number of aromatic nitrogens is 1. The van der Waals surface area contributed by atoms with Crippen molar-refractivity contribution in [3.63, 3.8) is 0 Å². The van der Waals surface area contributed by atoms with Gasteiger partial charge in [0.05, 0.1) is 6.42 Å². The molecule has 0 aliphatic carbocycles. The van der Waals surface area contributed by atoms with Crippen LogP contribution in [-0.4, -0.2) is 27.9 Å². The lowest BCUT2D eigenvalue weighted by molar-refractivity contribution is -0.484. The van der Waals surface area contributed by atoms with Gasteiger partial charge in [0.15, 0.2) is 0 Å². The fourth-order valence-electron chi connectivity index (χ4n) is 1.49. The quantitative estimate of drug-likeness (QED) is 0.508. The summed E-state index contributed by atoms with van der Waals surface area (Å²) in [5.74, 6) is -0.209. The smallest absolute Gasteiger partial charge is 0.303 e. The Morgan fingerprint density at radius 2 is 2.36 bits per heavy atom. The summed E-state index contributed by atoms with van der Waals surface area (Å²) in [6.45, 7) is 0. The lowest BCUT2D eigenvalue weighted by Gasteiger charge is -1.94. The van der Waals surface area contributed by atoms with Gasteiger partial charge in [-0.3, -0.25) is 4.79 Å². The Hall–Kier alpha value is -1.91. The number of rotatable bonds is 2. The minimum Gasteiger partial charge on any atom is -0.303 e. The van der Waals surface area contributed by atoms with Crippen molar-refractivity contribution in [3.05, 3.63) is 28.8 Å². The molecule has 14 heavy (non-hydrogen) atoms. The number of pyridine rings is 1. The van der Waals surface area contributed by atoms with Crippen molar-refractivity contribution in [2.24, 2.45) is 0 Å². The Kier molecular flexibility index (Phi) is 1.92. The molecule has 1 aromatic rings. The molecular weight excluding hydrogens is 184 g/mol. The van der Waals surface area contributed by atoms with Gasteiger partial charge >= 0.3 is 5.82 Å². The summed E-state index contributed by atoms with van der Waals surface area (Å²) in [5, 5.41) is 0. The highest BCUT2D eigenvalue weighted by molar-refractivity contribution is 6.05. The van der Waals surface area contributed by atoms with Crippen LogP contribution in [-0.2, 0) is 4.79 Å². The summed E-state index contributed by atoms with van der Waals surface area (Å²) in [6.07, 6.45) is 1.93. The molecule has 0 amide bonds. The highest BCUT2D eigenvalue weighted by Crippen LogP contribution is 2.27. The van der Waals surface area contributed by atoms with E-state index in [0.717, 1.165) is 0 Å². The minimum atomic E-state index is -0.919. The predicted molar refractivity (Wildman–Crippen MR) is 46.3 cm³/mol. The van der Waals surface area contributed by atoms with Crippen LogP contribution in [0.25, 0.3) is 0 Å². The van der Waals surface area contributed by atoms with Crippen molar-refractivity contribution >= 4 is 17.9 Å². The number of hydrogen-bond donors (Lipinski definition) is 0. The first-order valence-electron chi connectivity index (χ1n) is 4.15. The fraction of sp³-hybridized carbons (Fsp3) is 0.222. The second kappa shape index (κ2) is 3.10. The average Bonchev–Trinajstić information content (AvgIpc) is 2.45. The van der Waals surface area contributed by atoms with E-state index < -0.39 is 6.04 Å². The molecule has 0 spiro atoms. The maximum atomic E-state index is 11.6. The Morgan fingerprint density at radius 1 is 1.57 bits per heavy atom. The SMILES string of the molecule is O=CCC1C(=O)c2cccnc2[N+]1=O. The third kappa shape index (κ3) is 1.06. The number of fused-ring (bicyclic) bond motifs is 1. The van der Waals surface area contributed by atoms with Crippen molar-refractivity contribution in [1.82, 2.24) is 4.98 Å². The maximum absolute atomic E-state index is 11.6. The van der Waals surface area contributed by atoms with Gasteiger partial charge in [-0.2, -0.15) is 0 Å². The summed E-state index contributed by atoms with van der Waals surface area (Å²) < 4.78 is 0.506. The molecule has 1 aromatic heterocycles. The molecule has 2 heterocycles. The summed E-state index contributed by atoms with van der Waals surface area (Å²) in [4.78, 5) is 37.1. The number of aldehydes is 1. The molecule has 0 saturated heterocycles. The molecule has 0 bridgehead atoms. The maximum Gasteiger partial charge on any atom is 0.372 e. The van der Waals surface area contributed by atoms with Gasteiger partial charge in [-0.1, -0.05) is 4.91 Å². The van der Waals surface area contributed by atoms with Gasteiger partial charge in [0.1, 0.15) is 18.0 Å². The number of nitroso groups, excluding NO2 is 1. The summed E-state index contributed by atoms with van der Waals surface area (Å²) in [5.41, 5.74) is 0.300. The Labute approximate surface area is 79.3 Å². The number of carbonyl (C=O) groups is 2. The summed E-state index contributed by atoms with van der Waals surface area (Å²) >= 11 is 0. The molecule has 2 rings (SSSR count). The molecule has 70 valence electrons. The molecule has 0 fully saturated rings. The first-order chi connectivity index (χ1) is 6.75. The number of carbonyl (C=O) groups excluding carboxylic acids is 2. The second-order valence-electron chi connectivity index (χ2n) is 2.98. The fourth-order valence-corrected chi connectivity index (χ4v) is 1.49. The van der Waals surface area contributed by atoms with E-state index in [0.29, 0.717) is 16.6 Å². The van der Waals surface area contributed by atoms with Crippen molar-refractivity contribution in [2.75, 3.05) is 0 Å². The van der Waals surface area contributed by atoms with E-state index in [-0.39, 0.29) is 18.0 Å². The minimum absolute atomic E-state index is 0.0846. The molecule has 5 nitrogen and oxygen atoms in total. The van der Waals surface area contributed by atoms with Crippen LogP contribution in [0, 0.1) is 4.91 Å². The van der Waals surface area contributed by atoms with Crippen LogP contribution < -0.4 is 0 Å². The van der Waals surface area contributed by atoms with E-state index in [1.807, 2.05) is 0 Å². The number of ketones is 1. The molecule has 0 N–H and O–H groups in total. The third-order valence-electron chi connectivity index (χ3n) is 2.17. The molecule has 1 aliphatic rings. The standard InChI is InChI=1S/C9H7N2O3/c12-5-3-7-8(13)6-2-1-4-10-9(6)11(7)14/h1-2,4-5,7H,3H2/q+1. The van der Waals surface area contributed by atoms with E-state index in [9.17, 15) is 14.5 Å². The van der Waals surface area contributed by atoms with Gasteiger partial charge < -0.3 is 4.79 Å². The van der Waals surface area contributed by atoms with E-state index in [1.54, 1.807) is 12.1 Å². The van der Waals surface area contributed by atoms with Gasteiger partial charge in [0.2, 0.25) is 11.8 Å². The van der Waals surface area contributed by atoms with E-state index in [2.05, 4.69) is 4.98 Å². The van der Waals surface area contributed by atoms with Crippen LogP contribution in [0.2, 0.25) is 0 Å². The van der Waals surface area contributed by atoms with Crippen molar-refractivity contribution in [2.45, 2.75) is 12.5 Å². The molecular formula is C9H7N2O3+. The predicted octanol–water partition coefficient (Wildman–Crippen LogP) is 0.646. The van der Waals surface area contributed by atoms with Gasteiger partial charge in [0, 0.05) is 0 Å². The molecule has 1 atom stereocenters. The van der Waals surface area contributed by atoms with Crippen LogP contribution in [0.4, 0.5) is 5.82 Å². The lowest BCUT2D eigenvalue weighted by atomic mass is 10.1. The second-order valence-corrected chi connectivity index (χ2v) is 2.98. The molecule has 5 heteroatoms. The molecule has 1 aliphatic heterocycles. The van der Waals surface area contributed by atoms with Crippen LogP contribution in [0.5, 0.6) is 0 Å². The lowest BCUT2D eigenvalue weighted by Crippen LogP contribution is -2.23. The van der Waals surface area contributed by atoms with Crippen LogP contribution in [0.15, 0.2) is 18.3 Å². The van der Waals surface area contributed by atoms with Gasteiger partial charge in [-0.15, -0.1) is 0 Å². The van der Waals surface area contributed by atoms with Crippen molar-refractivity contribution in [3.8, 4) is 0 Å². The van der Waals surface area contributed by atoms with Crippen molar-refractivity contribution in [1.29, 1.82) is 0 Å². The summed E-state index contributed by atoms with van der Waals surface area (Å²) in [7, 11) is 0. The Morgan fingerprint density at radius 3 is 3.00 bits per heavy atom. The van der Waals surface area contributed by atoms with E-state index in [4.69, 9.17) is 0 Å². The van der Waals surface area contributed by atoms with Gasteiger partial charge in [-0.05, 0) is 21.9 Å². The summed E-state index contributed by atoms with van der Waals surface area (Å²) in [6, 6.07) is 2.21. The zero-order valence-corrected chi connectivity index (χ0v) is 7.21. The zero-order valence-electron chi connectivity index (χ0n) is 7.21. The topological polar surface area (TPSA) is 67.1 Å². The number of hydrogen-bond acceptors (Lipinski definition) is 4. The highest BCUT2D eigenvalue weighted by Gasteiger charge is 2.44. The largest absolute Gasteiger partial charge is 0.372 e. The zero-order chi connectivity index (χ0) is 10.1. The average molecular weight is 191 g/mol. The van der Waals surface area contributed by atoms with E-state index >= 15 is 0 Å². The van der Waals surface area contributed by atoms with Crippen LogP contribution >= 0.6 is 0 Å². The molecule has 0 radical (unpaired) electrons. The van der Waals surface area contributed by atoms with Gasteiger partial charge in [0.25, 0.3) is 0 Å². The van der Waals surface area contributed by atoms with Crippen molar-refractivity contribution < 1.29 is 14.3 Å². The van der Waals surface area contributed by atoms with Crippen LogP contribution in [0.3, 0.4) is 0 Å². The first-order valence-corrected chi connectivity index (χ1v) is 4.15. The van der Waals surface area contributed by atoms with Crippen LogP contribution in [0.1, 0.15) is 16.8 Å². The first kappa shape index (κ1) is 8.68. The number of Topliss-reactive ketones (excluding diaryl/α,β-unsaturated/α-hetero) is 1. The van der Waals surface area contributed by atoms with Gasteiger partial charge in [-0.25, -0.2) is 0 Å². The number of nitrogens with zero attached hydrogens (tertiary/aromatic N) is 2. The molecule has 1 unspecified atom stereocenters. The Bertz CT molecular complexity index is 393. The molecule has 0 aromatic carbocycles.